The lowest BCUT2D eigenvalue weighted by atomic mass is 9.93. The van der Waals surface area contributed by atoms with Crippen LogP contribution in [-0.4, -0.2) is 11.4 Å². The first-order chi connectivity index (χ1) is 8.62. The average molecular weight is 244 g/mol. The maximum atomic E-state index is 12.3. The quantitative estimate of drug-likeness (QED) is 0.865. The molecule has 1 amide bonds. The van der Waals surface area contributed by atoms with Gasteiger partial charge in [-0.15, -0.1) is 0 Å². The minimum Gasteiger partial charge on any atom is -0.334 e. The van der Waals surface area contributed by atoms with E-state index in [-0.39, 0.29) is 5.91 Å². The van der Waals surface area contributed by atoms with Gasteiger partial charge in [-0.2, -0.15) is 5.26 Å². The Morgan fingerprint density at radius 3 is 2.39 bits per heavy atom. The van der Waals surface area contributed by atoms with Gasteiger partial charge < -0.3 is 5.32 Å². The van der Waals surface area contributed by atoms with Crippen molar-refractivity contribution in [3.8, 4) is 6.07 Å². The first kappa shape index (κ1) is 14.2. The van der Waals surface area contributed by atoms with Crippen LogP contribution in [0.2, 0.25) is 0 Å². The minimum atomic E-state index is -0.752. The molecule has 1 N–H and O–H groups in total. The zero-order chi connectivity index (χ0) is 13.6. The van der Waals surface area contributed by atoms with Gasteiger partial charge in [-0.3, -0.25) is 4.79 Å². The molecule has 18 heavy (non-hydrogen) atoms. The van der Waals surface area contributed by atoms with Gasteiger partial charge in [0.1, 0.15) is 5.54 Å². The van der Waals surface area contributed by atoms with Crippen LogP contribution in [0.1, 0.15) is 49.5 Å². The highest BCUT2D eigenvalue weighted by Gasteiger charge is 2.28. The molecule has 0 saturated carbocycles. The monoisotopic (exact) mass is 244 g/mol. The van der Waals surface area contributed by atoms with Gasteiger partial charge in [0.2, 0.25) is 0 Å². The summed E-state index contributed by atoms with van der Waals surface area (Å²) in [6.07, 6.45) is 2.03. The van der Waals surface area contributed by atoms with Crippen LogP contribution in [0, 0.1) is 11.3 Å². The average Bonchev–Trinajstić information content (AvgIpc) is 2.44. The fourth-order valence-corrected chi connectivity index (χ4v) is 1.95. The number of hydrogen-bond acceptors (Lipinski definition) is 2. The van der Waals surface area contributed by atoms with Gasteiger partial charge >= 0.3 is 0 Å². The highest BCUT2D eigenvalue weighted by molar-refractivity contribution is 5.96. The van der Waals surface area contributed by atoms with E-state index < -0.39 is 5.54 Å². The second kappa shape index (κ2) is 6.20. The largest absolute Gasteiger partial charge is 0.334 e. The molecule has 96 valence electrons. The topological polar surface area (TPSA) is 52.9 Å². The van der Waals surface area contributed by atoms with Crippen LogP contribution < -0.4 is 5.32 Å². The highest BCUT2D eigenvalue weighted by Crippen LogP contribution is 2.16. The van der Waals surface area contributed by atoms with Crippen molar-refractivity contribution in [2.75, 3.05) is 0 Å². The summed E-state index contributed by atoms with van der Waals surface area (Å²) in [6, 6.07) is 9.74. The molecule has 1 aromatic carbocycles. The molecule has 0 unspecified atom stereocenters. The Hall–Kier alpha value is -1.82. The van der Waals surface area contributed by atoms with Crippen molar-refractivity contribution in [2.45, 2.75) is 45.6 Å². The van der Waals surface area contributed by atoms with E-state index in [9.17, 15) is 10.1 Å². The molecule has 0 bridgehead atoms. The first-order valence-corrected chi connectivity index (χ1v) is 6.44. The maximum Gasteiger partial charge on any atom is 0.252 e. The molecule has 0 aromatic heterocycles. The van der Waals surface area contributed by atoms with Crippen molar-refractivity contribution in [3.05, 3.63) is 35.4 Å². The fourth-order valence-electron chi connectivity index (χ4n) is 1.95. The molecule has 3 heteroatoms. The summed E-state index contributed by atoms with van der Waals surface area (Å²) in [4.78, 5) is 12.3. The number of rotatable bonds is 5. The third-order valence-corrected chi connectivity index (χ3v) is 3.42. The number of nitrogens with one attached hydrogen (secondary N) is 1. The maximum absolute atomic E-state index is 12.3. The van der Waals surface area contributed by atoms with Gasteiger partial charge in [0, 0.05) is 5.56 Å². The van der Waals surface area contributed by atoms with Crippen LogP contribution in [0.5, 0.6) is 0 Å². The van der Waals surface area contributed by atoms with E-state index in [2.05, 4.69) is 11.4 Å². The summed E-state index contributed by atoms with van der Waals surface area (Å²) in [5, 5.41) is 12.1. The van der Waals surface area contributed by atoms with Crippen LogP contribution in [0.3, 0.4) is 0 Å². The van der Waals surface area contributed by atoms with Crippen molar-refractivity contribution < 1.29 is 4.79 Å². The SMILES string of the molecule is CCc1ccccc1C(=O)NC(C#N)(CC)CC. The Labute approximate surface area is 109 Å². The minimum absolute atomic E-state index is 0.155. The molecule has 0 aliphatic carbocycles. The molecule has 0 saturated heterocycles. The van der Waals surface area contributed by atoms with E-state index in [1.807, 2.05) is 45.0 Å². The molecule has 0 radical (unpaired) electrons. The molecule has 0 aliphatic heterocycles. The summed E-state index contributed by atoms with van der Waals surface area (Å²) in [5.41, 5.74) is 0.924. The lowest BCUT2D eigenvalue weighted by Gasteiger charge is -2.25. The predicted molar refractivity (Wildman–Crippen MR) is 72.2 cm³/mol. The van der Waals surface area contributed by atoms with Gasteiger partial charge in [0.25, 0.3) is 5.91 Å². The second-order valence-electron chi connectivity index (χ2n) is 4.37. The van der Waals surface area contributed by atoms with Crippen molar-refractivity contribution in [3.63, 3.8) is 0 Å². The van der Waals surface area contributed by atoms with Gasteiger partial charge in [-0.1, -0.05) is 39.0 Å². The number of aryl methyl sites for hydroxylation is 1. The molecular weight excluding hydrogens is 224 g/mol. The van der Waals surface area contributed by atoms with E-state index >= 15 is 0 Å². The number of amides is 1. The number of carbonyl (C=O) groups excluding carboxylic acids is 1. The zero-order valence-electron chi connectivity index (χ0n) is 11.3. The summed E-state index contributed by atoms with van der Waals surface area (Å²) in [6.45, 7) is 5.85. The normalized spacial score (nSPS) is 10.8. The van der Waals surface area contributed by atoms with Crippen LogP contribution in [0.4, 0.5) is 0 Å². The molecule has 0 heterocycles. The van der Waals surface area contributed by atoms with Crippen molar-refractivity contribution in [1.29, 1.82) is 5.26 Å². The molecule has 0 atom stereocenters. The van der Waals surface area contributed by atoms with E-state index in [4.69, 9.17) is 0 Å². The molecule has 1 aromatic rings. The zero-order valence-corrected chi connectivity index (χ0v) is 11.3. The van der Waals surface area contributed by atoms with E-state index in [0.29, 0.717) is 18.4 Å². The summed E-state index contributed by atoms with van der Waals surface area (Å²) in [5.74, 6) is -0.155. The predicted octanol–water partition coefficient (Wildman–Crippen LogP) is 3.06. The van der Waals surface area contributed by atoms with Crippen molar-refractivity contribution in [2.24, 2.45) is 0 Å². The Morgan fingerprint density at radius 1 is 1.28 bits per heavy atom. The summed E-state index contributed by atoms with van der Waals surface area (Å²) >= 11 is 0. The van der Waals surface area contributed by atoms with Crippen molar-refractivity contribution in [1.82, 2.24) is 5.32 Å². The number of benzene rings is 1. The van der Waals surface area contributed by atoms with E-state index in [1.165, 1.54) is 0 Å². The second-order valence-corrected chi connectivity index (χ2v) is 4.37. The molecule has 0 spiro atoms. The number of nitriles is 1. The molecular formula is C15H20N2O. The van der Waals surface area contributed by atoms with Crippen molar-refractivity contribution >= 4 is 5.91 Å². The van der Waals surface area contributed by atoms with Gasteiger partial charge in [0.05, 0.1) is 6.07 Å². The molecule has 1 rings (SSSR count). The Morgan fingerprint density at radius 2 is 1.89 bits per heavy atom. The molecule has 3 nitrogen and oxygen atoms in total. The van der Waals surface area contributed by atoms with Gasteiger partial charge in [0.15, 0.2) is 0 Å². The van der Waals surface area contributed by atoms with Crippen LogP contribution in [-0.2, 0) is 6.42 Å². The van der Waals surface area contributed by atoms with E-state index in [1.54, 1.807) is 0 Å². The Bertz CT molecular complexity index is 456. The van der Waals surface area contributed by atoms with Crippen LogP contribution >= 0.6 is 0 Å². The third-order valence-electron chi connectivity index (χ3n) is 3.42. The Balaban J connectivity index is 2.99. The fraction of sp³-hybridized carbons (Fsp3) is 0.467. The number of carbonyl (C=O) groups is 1. The lowest BCUT2D eigenvalue weighted by molar-refractivity contribution is 0.0914. The van der Waals surface area contributed by atoms with E-state index in [0.717, 1.165) is 12.0 Å². The van der Waals surface area contributed by atoms with Gasteiger partial charge in [-0.25, -0.2) is 0 Å². The summed E-state index contributed by atoms with van der Waals surface area (Å²) < 4.78 is 0. The van der Waals surface area contributed by atoms with Crippen LogP contribution in [0.15, 0.2) is 24.3 Å². The molecule has 0 fully saturated rings. The van der Waals surface area contributed by atoms with Gasteiger partial charge in [-0.05, 0) is 30.9 Å². The number of hydrogen-bond donors (Lipinski definition) is 1. The Kier molecular flexibility index (Phi) is 4.91. The summed E-state index contributed by atoms with van der Waals surface area (Å²) in [7, 11) is 0. The first-order valence-electron chi connectivity index (χ1n) is 6.44. The number of nitrogens with zero attached hydrogens (tertiary/aromatic N) is 1. The lowest BCUT2D eigenvalue weighted by Crippen LogP contribution is -2.46. The third kappa shape index (κ3) is 2.89. The smallest absolute Gasteiger partial charge is 0.252 e. The molecule has 0 aliphatic rings. The van der Waals surface area contributed by atoms with Crippen LogP contribution in [0.25, 0.3) is 0 Å². The highest BCUT2D eigenvalue weighted by atomic mass is 16.1. The standard InChI is InChI=1S/C15H20N2O/c1-4-12-9-7-8-10-13(12)14(18)17-15(5-2,6-3)11-16/h7-10H,4-6H2,1-3H3,(H,17,18).